The van der Waals surface area contributed by atoms with Gasteiger partial charge in [0.15, 0.2) is 0 Å². The highest BCUT2D eigenvalue weighted by molar-refractivity contribution is 5.94. The number of carbonyl (C=O) groups excluding carboxylic acids is 1. The van der Waals surface area contributed by atoms with E-state index in [0.717, 1.165) is 45.0 Å². The van der Waals surface area contributed by atoms with Crippen LogP contribution in [0.4, 0.5) is 0 Å². The van der Waals surface area contributed by atoms with E-state index in [1.807, 2.05) is 36.2 Å². The third-order valence-corrected chi connectivity index (χ3v) is 4.20. The lowest BCUT2D eigenvalue weighted by Gasteiger charge is -2.37. The van der Waals surface area contributed by atoms with E-state index < -0.39 is 0 Å². The molecule has 0 saturated carbocycles. The molecule has 2 rings (SSSR count). The van der Waals surface area contributed by atoms with Crippen LogP contribution in [-0.4, -0.2) is 62.1 Å². The van der Waals surface area contributed by atoms with Crippen LogP contribution < -0.4 is 5.73 Å². The van der Waals surface area contributed by atoms with Crippen molar-refractivity contribution in [1.29, 1.82) is 0 Å². The number of amides is 1. The van der Waals surface area contributed by atoms with Gasteiger partial charge in [0.05, 0.1) is 13.2 Å². The Morgan fingerprint density at radius 1 is 1.26 bits per heavy atom. The first-order chi connectivity index (χ1) is 10.9. The van der Waals surface area contributed by atoms with E-state index in [1.54, 1.807) is 0 Å². The first kappa shape index (κ1) is 17.9. The molecule has 0 aromatic heterocycles. The maximum atomic E-state index is 12.6. The molecule has 5 nitrogen and oxygen atoms in total. The molecule has 2 N–H and O–H groups in total. The molecule has 1 heterocycles. The number of morpholine rings is 1. The van der Waals surface area contributed by atoms with Gasteiger partial charge in [-0.15, -0.1) is 0 Å². The Morgan fingerprint density at radius 3 is 2.43 bits per heavy atom. The standard InChI is InChI=1S/C18H29N3O2/c1-18(2,14-21-8-10-23-11-9-21)13-20(3)17(22)16-6-4-15(12-19)5-7-16/h4-7H,8-14,19H2,1-3H3. The van der Waals surface area contributed by atoms with Gasteiger partial charge in [-0.25, -0.2) is 0 Å². The number of nitrogens with two attached hydrogens (primary N) is 1. The van der Waals surface area contributed by atoms with Crippen LogP contribution in [0.1, 0.15) is 29.8 Å². The van der Waals surface area contributed by atoms with Crippen LogP contribution in [0.25, 0.3) is 0 Å². The van der Waals surface area contributed by atoms with Crippen LogP contribution >= 0.6 is 0 Å². The summed E-state index contributed by atoms with van der Waals surface area (Å²) in [4.78, 5) is 16.8. The second-order valence-corrected chi connectivity index (χ2v) is 7.11. The fourth-order valence-electron chi connectivity index (χ4n) is 3.13. The summed E-state index contributed by atoms with van der Waals surface area (Å²) in [6.45, 7) is 10.2. The van der Waals surface area contributed by atoms with Gasteiger partial charge in [0, 0.05) is 45.3 Å². The van der Waals surface area contributed by atoms with Crippen LogP contribution in [0.5, 0.6) is 0 Å². The Labute approximate surface area is 139 Å². The van der Waals surface area contributed by atoms with Crippen molar-refractivity contribution in [2.45, 2.75) is 20.4 Å². The van der Waals surface area contributed by atoms with Gasteiger partial charge in [0.25, 0.3) is 5.91 Å². The average molecular weight is 319 g/mol. The number of rotatable bonds is 6. The zero-order chi connectivity index (χ0) is 16.9. The van der Waals surface area contributed by atoms with Crippen molar-refractivity contribution in [3.05, 3.63) is 35.4 Å². The molecule has 0 radical (unpaired) electrons. The van der Waals surface area contributed by atoms with E-state index in [0.29, 0.717) is 12.1 Å². The predicted molar refractivity (Wildman–Crippen MR) is 92.3 cm³/mol. The largest absolute Gasteiger partial charge is 0.379 e. The van der Waals surface area contributed by atoms with Gasteiger partial charge >= 0.3 is 0 Å². The second kappa shape index (κ2) is 7.90. The second-order valence-electron chi connectivity index (χ2n) is 7.11. The number of carbonyl (C=O) groups is 1. The molecular weight excluding hydrogens is 290 g/mol. The molecule has 1 fully saturated rings. The van der Waals surface area contributed by atoms with Crippen LogP contribution in [0.15, 0.2) is 24.3 Å². The Hall–Kier alpha value is -1.43. The summed E-state index contributed by atoms with van der Waals surface area (Å²) in [6, 6.07) is 7.55. The average Bonchev–Trinajstić information content (AvgIpc) is 2.54. The quantitative estimate of drug-likeness (QED) is 0.865. The summed E-state index contributed by atoms with van der Waals surface area (Å²) in [5.41, 5.74) is 7.39. The molecule has 0 unspecified atom stereocenters. The van der Waals surface area contributed by atoms with Gasteiger partial charge in [-0.1, -0.05) is 26.0 Å². The van der Waals surface area contributed by atoms with Gasteiger partial charge in [-0.3, -0.25) is 9.69 Å². The Morgan fingerprint density at radius 2 is 1.87 bits per heavy atom. The molecule has 128 valence electrons. The van der Waals surface area contributed by atoms with Crippen LogP contribution in [0.2, 0.25) is 0 Å². The van der Waals surface area contributed by atoms with Gasteiger partial charge in [-0.2, -0.15) is 0 Å². The lowest BCUT2D eigenvalue weighted by atomic mass is 9.91. The molecule has 1 aromatic rings. The van der Waals surface area contributed by atoms with Crippen molar-refractivity contribution < 1.29 is 9.53 Å². The molecule has 1 aliphatic heterocycles. The number of benzene rings is 1. The van der Waals surface area contributed by atoms with Crippen molar-refractivity contribution in [2.24, 2.45) is 11.1 Å². The molecule has 0 atom stereocenters. The summed E-state index contributed by atoms with van der Waals surface area (Å²) in [5, 5.41) is 0. The van der Waals surface area contributed by atoms with Crippen molar-refractivity contribution in [3.8, 4) is 0 Å². The van der Waals surface area contributed by atoms with E-state index >= 15 is 0 Å². The Bertz CT molecular complexity index is 508. The first-order valence-electron chi connectivity index (χ1n) is 8.26. The topological polar surface area (TPSA) is 58.8 Å². The zero-order valence-electron chi connectivity index (χ0n) is 14.5. The minimum Gasteiger partial charge on any atom is -0.379 e. The highest BCUT2D eigenvalue weighted by atomic mass is 16.5. The molecule has 1 aliphatic rings. The minimum atomic E-state index is 0.0406. The maximum absolute atomic E-state index is 12.6. The number of hydrogen-bond acceptors (Lipinski definition) is 4. The zero-order valence-corrected chi connectivity index (χ0v) is 14.5. The molecule has 5 heteroatoms. The van der Waals surface area contributed by atoms with E-state index in [4.69, 9.17) is 10.5 Å². The third-order valence-electron chi connectivity index (χ3n) is 4.20. The predicted octanol–water partition coefficient (Wildman–Crippen LogP) is 1.58. The van der Waals surface area contributed by atoms with Crippen LogP contribution in [-0.2, 0) is 11.3 Å². The van der Waals surface area contributed by atoms with Crippen LogP contribution in [0, 0.1) is 5.41 Å². The summed E-state index contributed by atoms with van der Waals surface area (Å²) >= 11 is 0. The lowest BCUT2D eigenvalue weighted by Crippen LogP contribution is -2.46. The molecule has 0 aliphatic carbocycles. The lowest BCUT2D eigenvalue weighted by molar-refractivity contribution is 0.0163. The molecule has 23 heavy (non-hydrogen) atoms. The molecule has 1 saturated heterocycles. The van der Waals surface area contributed by atoms with Crippen molar-refractivity contribution >= 4 is 5.91 Å². The minimum absolute atomic E-state index is 0.0406. The van der Waals surface area contributed by atoms with Crippen LogP contribution in [0.3, 0.4) is 0 Å². The Balaban J connectivity index is 1.92. The smallest absolute Gasteiger partial charge is 0.253 e. The summed E-state index contributed by atoms with van der Waals surface area (Å²) < 4.78 is 5.40. The third kappa shape index (κ3) is 5.30. The normalized spacial score (nSPS) is 16.3. The molecular formula is C18H29N3O2. The SMILES string of the molecule is CN(CC(C)(C)CN1CCOCC1)C(=O)c1ccc(CN)cc1. The van der Waals surface area contributed by atoms with Gasteiger partial charge in [0.1, 0.15) is 0 Å². The monoisotopic (exact) mass is 319 g/mol. The highest BCUT2D eigenvalue weighted by Gasteiger charge is 2.26. The summed E-state index contributed by atoms with van der Waals surface area (Å²) in [5.74, 6) is 0.0589. The fourth-order valence-corrected chi connectivity index (χ4v) is 3.13. The van der Waals surface area contributed by atoms with Gasteiger partial charge in [-0.05, 0) is 23.1 Å². The summed E-state index contributed by atoms with van der Waals surface area (Å²) in [7, 11) is 1.88. The van der Waals surface area contributed by atoms with Gasteiger partial charge in [0.2, 0.25) is 0 Å². The molecule has 0 spiro atoms. The molecule has 1 aromatic carbocycles. The van der Waals surface area contributed by atoms with Crippen molar-refractivity contribution in [1.82, 2.24) is 9.80 Å². The number of nitrogens with zero attached hydrogens (tertiary/aromatic N) is 2. The first-order valence-corrected chi connectivity index (χ1v) is 8.26. The Kier molecular flexibility index (Phi) is 6.16. The van der Waals surface area contributed by atoms with E-state index in [9.17, 15) is 4.79 Å². The van der Waals surface area contributed by atoms with E-state index in [-0.39, 0.29) is 11.3 Å². The molecule has 1 amide bonds. The van der Waals surface area contributed by atoms with Gasteiger partial charge < -0.3 is 15.4 Å². The van der Waals surface area contributed by atoms with E-state index in [2.05, 4.69) is 18.7 Å². The number of ether oxygens (including phenoxy) is 1. The number of hydrogen-bond donors (Lipinski definition) is 1. The maximum Gasteiger partial charge on any atom is 0.253 e. The van der Waals surface area contributed by atoms with Crippen molar-refractivity contribution in [2.75, 3.05) is 46.4 Å². The molecule has 0 bridgehead atoms. The summed E-state index contributed by atoms with van der Waals surface area (Å²) in [6.07, 6.45) is 0. The highest BCUT2D eigenvalue weighted by Crippen LogP contribution is 2.20. The van der Waals surface area contributed by atoms with Crippen molar-refractivity contribution in [3.63, 3.8) is 0 Å². The fraction of sp³-hybridized carbons (Fsp3) is 0.611. The van der Waals surface area contributed by atoms with E-state index in [1.165, 1.54) is 0 Å².